The van der Waals surface area contributed by atoms with Gasteiger partial charge in [-0.1, -0.05) is 18.2 Å². The van der Waals surface area contributed by atoms with Gasteiger partial charge in [0.05, 0.1) is 18.9 Å². The largest absolute Gasteiger partial charge is 0.384 e. The third kappa shape index (κ3) is 3.62. The number of nitrogens with zero attached hydrogens (tertiary/aromatic N) is 1. The highest BCUT2D eigenvalue weighted by atomic mass is 19.1. The van der Waals surface area contributed by atoms with Crippen LogP contribution in [0.5, 0.6) is 0 Å². The van der Waals surface area contributed by atoms with Crippen molar-refractivity contribution in [2.75, 3.05) is 33.9 Å². The van der Waals surface area contributed by atoms with Crippen LogP contribution in [-0.2, 0) is 20.7 Å². The lowest BCUT2D eigenvalue weighted by Crippen LogP contribution is -2.35. The molecule has 1 aliphatic rings. The van der Waals surface area contributed by atoms with Crippen molar-refractivity contribution < 1.29 is 18.7 Å². The van der Waals surface area contributed by atoms with Crippen LogP contribution < -0.4 is 5.32 Å². The second-order valence-electron chi connectivity index (χ2n) is 5.50. The zero-order valence-electron chi connectivity index (χ0n) is 12.8. The molecule has 1 N–H and O–H groups in total. The highest BCUT2D eigenvalue weighted by molar-refractivity contribution is 5.83. The summed E-state index contributed by atoms with van der Waals surface area (Å²) in [5.41, 5.74) is 0.374. The van der Waals surface area contributed by atoms with Crippen molar-refractivity contribution in [3.63, 3.8) is 0 Å². The number of rotatable bonds is 5. The Morgan fingerprint density at radius 1 is 1.36 bits per heavy atom. The zero-order chi connectivity index (χ0) is 16.1. The van der Waals surface area contributed by atoms with E-state index in [1.54, 1.807) is 37.3 Å². The van der Waals surface area contributed by atoms with Crippen LogP contribution in [-0.4, -0.2) is 50.6 Å². The van der Waals surface area contributed by atoms with Crippen molar-refractivity contribution in [1.82, 2.24) is 10.2 Å². The lowest BCUT2D eigenvalue weighted by atomic mass is 9.96. The molecule has 5 nitrogen and oxygen atoms in total. The molecule has 22 heavy (non-hydrogen) atoms. The van der Waals surface area contributed by atoms with Crippen LogP contribution in [0.2, 0.25) is 0 Å². The summed E-state index contributed by atoms with van der Waals surface area (Å²) in [6.45, 7) is 1.22. The van der Waals surface area contributed by atoms with E-state index in [9.17, 15) is 14.0 Å². The van der Waals surface area contributed by atoms with Crippen molar-refractivity contribution >= 4 is 11.8 Å². The van der Waals surface area contributed by atoms with Crippen LogP contribution in [0.4, 0.5) is 4.39 Å². The third-order valence-electron chi connectivity index (χ3n) is 4.06. The summed E-state index contributed by atoms with van der Waals surface area (Å²) in [6.07, 6.45) is 0.00679. The molecule has 1 heterocycles. The van der Waals surface area contributed by atoms with Gasteiger partial charge in [-0.3, -0.25) is 9.59 Å². The molecule has 0 saturated carbocycles. The predicted octanol–water partition coefficient (Wildman–Crippen LogP) is 0.835. The standard InChI is InChI=1S/C16H21FN2O3/c1-18-16(21)13-9-19(8-12(13)10-22-2)15(20)7-11-5-3-4-6-14(11)17/h3-6,12-13H,7-10H2,1-2H3,(H,18,21). The Morgan fingerprint density at radius 2 is 2.09 bits per heavy atom. The second kappa shape index (κ2) is 7.35. The minimum Gasteiger partial charge on any atom is -0.384 e. The van der Waals surface area contributed by atoms with Crippen LogP contribution in [0.1, 0.15) is 5.56 Å². The van der Waals surface area contributed by atoms with E-state index in [0.29, 0.717) is 25.3 Å². The van der Waals surface area contributed by atoms with Crippen LogP contribution in [0.25, 0.3) is 0 Å². The normalized spacial score (nSPS) is 21.0. The Labute approximate surface area is 129 Å². The van der Waals surface area contributed by atoms with Gasteiger partial charge in [0, 0.05) is 33.2 Å². The summed E-state index contributed by atoms with van der Waals surface area (Å²) in [4.78, 5) is 25.9. The Kier molecular flexibility index (Phi) is 5.49. The first kappa shape index (κ1) is 16.4. The van der Waals surface area contributed by atoms with Gasteiger partial charge < -0.3 is 15.0 Å². The van der Waals surface area contributed by atoms with E-state index in [1.165, 1.54) is 6.07 Å². The average molecular weight is 308 g/mol. The fraction of sp³-hybridized carbons (Fsp3) is 0.500. The number of carbonyl (C=O) groups is 2. The number of benzene rings is 1. The molecule has 2 atom stereocenters. The maximum absolute atomic E-state index is 13.6. The molecule has 0 radical (unpaired) electrons. The summed E-state index contributed by atoms with van der Waals surface area (Å²) in [5, 5.41) is 2.62. The van der Waals surface area contributed by atoms with Gasteiger partial charge in [0.25, 0.3) is 0 Å². The van der Waals surface area contributed by atoms with Crippen molar-refractivity contribution in [2.24, 2.45) is 11.8 Å². The molecule has 1 aromatic carbocycles. The van der Waals surface area contributed by atoms with Gasteiger partial charge in [0.1, 0.15) is 5.82 Å². The van der Waals surface area contributed by atoms with Crippen LogP contribution >= 0.6 is 0 Å². The fourth-order valence-electron chi connectivity index (χ4n) is 2.86. The Balaban J connectivity index is 2.05. The summed E-state index contributed by atoms with van der Waals surface area (Å²) < 4.78 is 18.8. The summed E-state index contributed by atoms with van der Waals surface area (Å²) >= 11 is 0. The van der Waals surface area contributed by atoms with Crippen molar-refractivity contribution in [3.05, 3.63) is 35.6 Å². The predicted molar refractivity (Wildman–Crippen MR) is 79.6 cm³/mol. The molecule has 1 aliphatic heterocycles. The third-order valence-corrected chi connectivity index (χ3v) is 4.06. The van der Waals surface area contributed by atoms with Crippen molar-refractivity contribution in [2.45, 2.75) is 6.42 Å². The van der Waals surface area contributed by atoms with Gasteiger partial charge in [-0.05, 0) is 11.6 Å². The molecule has 6 heteroatoms. The highest BCUT2D eigenvalue weighted by Crippen LogP contribution is 2.25. The highest BCUT2D eigenvalue weighted by Gasteiger charge is 2.39. The van der Waals surface area contributed by atoms with E-state index in [-0.39, 0.29) is 35.9 Å². The van der Waals surface area contributed by atoms with Crippen molar-refractivity contribution in [3.8, 4) is 0 Å². The topological polar surface area (TPSA) is 58.6 Å². The van der Waals surface area contributed by atoms with Gasteiger partial charge >= 0.3 is 0 Å². The molecular weight excluding hydrogens is 287 g/mol. The first-order valence-corrected chi connectivity index (χ1v) is 7.28. The second-order valence-corrected chi connectivity index (χ2v) is 5.50. The molecule has 1 fully saturated rings. The van der Waals surface area contributed by atoms with E-state index in [2.05, 4.69) is 5.32 Å². The van der Waals surface area contributed by atoms with Crippen LogP contribution in [0, 0.1) is 17.7 Å². The molecule has 1 saturated heterocycles. The lowest BCUT2D eigenvalue weighted by molar-refractivity contribution is -0.130. The lowest BCUT2D eigenvalue weighted by Gasteiger charge is -2.16. The smallest absolute Gasteiger partial charge is 0.227 e. The first-order chi connectivity index (χ1) is 10.6. The summed E-state index contributed by atoms with van der Waals surface area (Å²) in [7, 11) is 3.15. The van der Waals surface area contributed by atoms with Gasteiger partial charge in [0.15, 0.2) is 0 Å². The monoisotopic (exact) mass is 308 g/mol. The molecule has 1 aromatic rings. The summed E-state index contributed by atoms with van der Waals surface area (Å²) in [5.74, 6) is -0.962. The van der Waals surface area contributed by atoms with E-state index >= 15 is 0 Å². The summed E-state index contributed by atoms with van der Waals surface area (Å²) in [6, 6.07) is 6.24. The Bertz CT molecular complexity index is 550. The van der Waals surface area contributed by atoms with Gasteiger partial charge in [-0.15, -0.1) is 0 Å². The van der Waals surface area contributed by atoms with Crippen molar-refractivity contribution in [1.29, 1.82) is 0 Å². The number of halogens is 1. The molecule has 2 unspecified atom stereocenters. The number of amides is 2. The molecule has 2 rings (SSSR count). The molecular formula is C16H21FN2O3. The van der Waals surface area contributed by atoms with Crippen LogP contribution in [0.15, 0.2) is 24.3 Å². The molecule has 0 aromatic heterocycles. The fourth-order valence-corrected chi connectivity index (χ4v) is 2.86. The Hall–Kier alpha value is -1.95. The van der Waals surface area contributed by atoms with Gasteiger partial charge in [0.2, 0.25) is 11.8 Å². The molecule has 0 bridgehead atoms. The Morgan fingerprint density at radius 3 is 2.73 bits per heavy atom. The minimum absolute atomic E-state index is 0.00679. The average Bonchev–Trinajstić information content (AvgIpc) is 2.93. The zero-order valence-corrected chi connectivity index (χ0v) is 12.8. The number of hydrogen-bond acceptors (Lipinski definition) is 3. The minimum atomic E-state index is -0.383. The number of nitrogens with one attached hydrogen (secondary N) is 1. The SMILES string of the molecule is CNC(=O)C1CN(C(=O)Cc2ccccc2F)CC1COC. The quantitative estimate of drug-likeness (QED) is 0.877. The number of carbonyl (C=O) groups excluding carboxylic acids is 2. The number of ether oxygens (including phenoxy) is 1. The number of methoxy groups -OCH3 is 1. The molecule has 0 spiro atoms. The van der Waals surface area contributed by atoms with E-state index in [1.807, 2.05) is 0 Å². The first-order valence-electron chi connectivity index (χ1n) is 7.28. The van der Waals surface area contributed by atoms with E-state index in [4.69, 9.17) is 4.74 Å². The van der Waals surface area contributed by atoms with Crippen LogP contribution in [0.3, 0.4) is 0 Å². The van der Waals surface area contributed by atoms with E-state index in [0.717, 1.165) is 0 Å². The van der Waals surface area contributed by atoms with Gasteiger partial charge in [-0.25, -0.2) is 4.39 Å². The van der Waals surface area contributed by atoms with E-state index < -0.39 is 0 Å². The maximum atomic E-state index is 13.6. The molecule has 0 aliphatic carbocycles. The molecule has 2 amide bonds. The maximum Gasteiger partial charge on any atom is 0.227 e. The number of hydrogen-bond donors (Lipinski definition) is 1. The number of likely N-dealkylation sites (tertiary alicyclic amines) is 1. The molecule has 120 valence electrons. The van der Waals surface area contributed by atoms with Gasteiger partial charge in [-0.2, -0.15) is 0 Å².